The summed E-state index contributed by atoms with van der Waals surface area (Å²) in [5.74, 6) is -1.14. The second-order valence-electron chi connectivity index (χ2n) is 8.17. The minimum atomic E-state index is -3.82. The van der Waals surface area contributed by atoms with Crippen molar-refractivity contribution in [1.29, 1.82) is 5.26 Å². The maximum absolute atomic E-state index is 12.9. The van der Waals surface area contributed by atoms with Crippen molar-refractivity contribution in [3.63, 3.8) is 0 Å². The lowest BCUT2D eigenvalue weighted by molar-refractivity contribution is -0.118. The molecule has 0 fully saturated rings. The molecule has 10 heteroatoms. The summed E-state index contributed by atoms with van der Waals surface area (Å²) < 4.78 is 32.6. The van der Waals surface area contributed by atoms with Gasteiger partial charge in [0.1, 0.15) is 17.5 Å². The fourth-order valence-electron chi connectivity index (χ4n) is 3.70. The van der Waals surface area contributed by atoms with Crippen LogP contribution in [0.2, 0.25) is 0 Å². The number of Topliss-reactive ketones (excluding diaryl/α,β-unsaturated/α-hetero) is 1. The highest BCUT2D eigenvalue weighted by atomic mass is 32.2. The van der Waals surface area contributed by atoms with Crippen molar-refractivity contribution in [3.8, 4) is 6.07 Å². The number of nitrogens with one attached hydrogen (secondary N) is 1. The van der Waals surface area contributed by atoms with Crippen LogP contribution in [0, 0.1) is 18.3 Å². The van der Waals surface area contributed by atoms with Gasteiger partial charge in [0.15, 0.2) is 6.61 Å². The van der Waals surface area contributed by atoms with E-state index >= 15 is 0 Å². The van der Waals surface area contributed by atoms with E-state index in [2.05, 4.69) is 4.72 Å². The smallest absolute Gasteiger partial charge is 0.338 e. The van der Waals surface area contributed by atoms with Crippen LogP contribution in [0.25, 0.3) is 0 Å². The highest BCUT2D eigenvalue weighted by Crippen LogP contribution is 2.40. The fourth-order valence-corrected chi connectivity index (χ4v) is 4.98. The number of benzene rings is 2. The molecule has 1 heterocycles. The van der Waals surface area contributed by atoms with E-state index in [1.807, 2.05) is 30.3 Å². The molecule has 0 saturated heterocycles. The number of hydrogen-bond acceptors (Lipinski definition) is 8. The van der Waals surface area contributed by atoms with Crippen LogP contribution in [-0.2, 0) is 19.6 Å². The number of ketones is 1. The molecule has 0 atom stereocenters. The summed E-state index contributed by atoms with van der Waals surface area (Å²) in [6.07, 6.45) is 0. The van der Waals surface area contributed by atoms with Gasteiger partial charge in [-0.05, 0) is 50.6 Å². The van der Waals surface area contributed by atoms with E-state index in [-0.39, 0.29) is 22.1 Å². The summed E-state index contributed by atoms with van der Waals surface area (Å²) >= 11 is 0. The number of nitrogens with zero attached hydrogens (tertiary/aromatic N) is 3. The molecule has 1 aliphatic rings. The molecule has 178 valence electrons. The third-order valence-electron chi connectivity index (χ3n) is 5.32. The second kappa shape index (κ2) is 9.67. The minimum Gasteiger partial charge on any atom is -0.454 e. The number of fused-ring (bicyclic) bond motifs is 1. The first-order valence-corrected chi connectivity index (χ1v) is 12.0. The molecule has 1 aliphatic heterocycles. The fraction of sp³-hybridized carbons (Fsp3) is 0.292. The predicted octanol–water partition coefficient (Wildman–Crippen LogP) is 2.73. The van der Waals surface area contributed by atoms with Crippen molar-refractivity contribution in [2.75, 3.05) is 30.5 Å². The van der Waals surface area contributed by atoms with E-state index in [0.29, 0.717) is 11.4 Å². The van der Waals surface area contributed by atoms with E-state index in [1.165, 1.54) is 18.2 Å². The molecule has 3 rings (SSSR count). The molecule has 2 aromatic carbocycles. The average molecular weight is 483 g/mol. The summed E-state index contributed by atoms with van der Waals surface area (Å²) in [5.41, 5.74) is 2.03. The van der Waals surface area contributed by atoms with Gasteiger partial charge in [-0.2, -0.15) is 5.26 Å². The molecule has 0 radical (unpaired) electrons. The maximum atomic E-state index is 12.9. The van der Waals surface area contributed by atoms with Gasteiger partial charge >= 0.3 is 5.97 Å². The Bertz CT molecular complexity index is 1290. The number of esters is 1. The summed E-state index contributed by atoms with van der Waals surface area (Å²) in [6, 6.07) is 13.2. The molecule has 34 heavy (non-hydrogen) atoms. The zero-order valence-electron chi connectivity index (χ0n) is 19.6. The third kappa shape index (κ3) is 4.81. The van der Waals surface area contributed by atoms with Gasteiger partial charge in [-0.3, -0.25) is 4.79 Å². The molecule has 0 aromatic heterocycles. The maximum Gasteiger partial charge on any atom is 0.338 e. The van der Waals surface area contributed by atoms with Gasteiger partial charge in [0, 0.05) is 20.1 Å². The van der Waals surface area contributed by atoms with Crippen molar-refractivity contribution in [2.24, 2.45) is 0 Å². The van der Waals surface area contributed by atoms with Gasteiger partial charge in [-0.15, -0.1) is 0 Å². The third-order valence-corrected chi connectivity index (χ3v) is 6.97. The first-order chi connectivity index (χ1) is 16.0. The van der Waals surface area contributed by atoms with E-state index in [9.17, 15) is 23.3 Å². The number of aryl methyl sites for hydroxylation is 1. The Morgan fingerprint density at radius 2 is 1.68 bits per heavy atom. The topological polar surface area (TPSA) is 120 Å². The van der Waals surface area contributed by atoms with E-state index in [4.69, 9.17) is 4.74 Å². The molecule has 9 nitrogen and oxygen atoms in total. The van der Waals surface area contributed by atoms with Gasteiger partial charge in [-0.25, -0.2) is 17.9 Å². The zero-order chi connectivity index (χ0) is 25.2. The normalized spacial score (nSPS) is 13.0. The average Bonchev–Trinajstić information content (AvgIpc) is 3.03. The number of sulfonamides is 1. The molecule has 1 N–H and O–H groups in total. The minimum absolute atomic E-state index is 0.0214. The largest absolute Gasteiger partial charge is 0.454 e. The Balaban J connectivity index is 1.82. The van der Waals surface area contributed by atoms with Gasteiger partial charge in [0.05, 0.1) is 21.8 Å². The van der Waals surface area contributed by atoms with Crippen molar-refractivity contribution in [2.45, 2.75) is 31.7 Å². The van der Waals surface area contributed by atoms with Gasteiger partial charge in [0.25, 0.3) is 0 Å². The molecule has 0 aliphatic carbocycles. The van der Waals surface area contributed by atoms with Gasteiger partial charge in [-0.1, -0.05) is 18.2 Å². The van der Waals surface area contributed by atoms with Crippen LogP contribution in [-0.4, -0.2) is 46.9 Å². The number of carbonyl (C=O) groups excluding carboxylic acids is 2. The summed E-state index contributed by atoms with van der Waals surface area (Å²) in [6.45, 7) is 4.34. The number of ether oxygens (including phenoxy) is 1. The quantitative estimate of drug-likeness (QED) is 0.363. The summed E-state index contributed by atoms with van der Waals surface area (Å²) in [4.78, 5) is 28.9. The van der Waals surface area contributed by atoms with Crippen LogP contribution in [0.5, 0.6) is 0 Å². The monoisotopic (exact) mass is 482 g/mol. The Morgan fingerprint density at radius 1 is 1.09 bits per heavy atom. The molecule has 0 amide bonds. The Morgan fingerprint density at radius 3 is 2.21 bits per heavy atom. The number of carbonyl (C=O) groups is 2. The second-order valence-corrected chi connectivity index (χ2v) is 9.88. The number of hydrogen-bond donors (Lipinski definition) is 1. The highest BCUT2D eigenvalue weighted by molar-refractivity contribution is 7.89. The van der Waals surface area contributed by atoms with Crippen LogP contribution in [0.3, 0.4) is 0 Å². The molecule has 0 bridgehead atoms. The Labute approximate surface area is 199 Å². The molecule has 0 unspecified atom stereocenters. The molecule has 2 aromatic rings. The first kappa shape index (κ1) is 25.0. The zero-order valence-corrected chi connectivity index (χ0v) is 20.4. The van der Waals surface area contributed by atoms with Crippen LogP contribution in [0.1, 0.15) is 29.8 Å². The molecular weight excluding hydrogens is 456 g/mol. The van der Waals surface area contributed by atoms with Crippen LogP contribution in [0.4, 0.5) is 11.4 Å². The number of rotatable bonds is 7. The van der Waals surface area contributed by atoms with Crippen LogP contribution < -0.4 is 14.5 Å². The lowest BCUT2D eigenvalue weighted by Crippen LogP contribution is -2.30. The summed E-state index contributed by atoms with van der Waals surface area (Å²) in [5, 5.41) is 9.70. The van der Waals surface area contributed by atoms with Crippen molar-refractivity contribution in [3.05, 3.63) is 65.0 Å². The van der Waals surface area contributed by atoms with Crippen LogP contribution in [0.15, 0.2) is 58.8 Å². The van der Waals surface area contributed by atoms with E-state index < -0.39 is 28.4 Å². The van der Waals surface area contributed by atoms with Crippen molar-refractivity contribution >= 4 is 33.2 Å². The lowest BCUT2D eigenvalue weighted by Gasteiger charge is -2.20. The number of nitriles is 1. The standard InChI is InChI=1S/C24H26N4O5S/c1-15(2)26-34(31,32)17-11-10-16(3)18(12-17)24(30)33-14-22(29)19(13-25)23-27(4)20-8-6-7-9-21(20)28(23)5/h6-12,15,26H,14H2,1-5H3. The summed E-state index contributed by atoms with van der Waals surface area (Å²) in [7, 11) is -0.327. The first-order valence-electron chi connectivity index (χ1n) is 10.5. The predicted molar refractivity (Wildman–Crippen MR) is 128 cm³/mol. The van der Waals surface area contributed by atoms with Crippen molar-refractivity contribution in [1.82, 2.24) is 4.72 Å². The number of para-hydroxylation sites is 2. The Hall–Kier alpha value is -3.68. The Kier molecular flexibility index (Phi) is 7.09. The van der Waals surface area contributed by atoms with Crippen LogP contribution >= 0.6 is 0 Å². The SMILES string of the molecule is Cc1ccc(S(=O)(=O)NC(C)C)cc1C(=O)OCC(=O)C(C#N)=C1N(C)c2ccccc2N1C. The molecule has 0 spiro atoms. The highest BCUT2D eigenvalue weighted by Gasteiger charge is 2.31. The van der Waals surface area contributed by atoms with Crippen molar-refractivity contribution < 1.29 is 22.7 Å². The molecular formula is C24H26N4O5S. The molecule has 0 saturated carbocycles. The van der Waals surface area contributed by atoms with Gasteiger partial charge < -0.3 is 14.5 Å². The lowest BCUT2D eigenvalue weighted by atomic mass is 10.1. The van der Waals surface area contributed by atoms with E-state index in [0.717, 1.165) is 11.4 Å². The van der Waals surface area contributed by atoms with Gasteiger partial charge in [0.2, 0.25) is 15.8 Å². The van der Waals surface area contributed by atoms with E-state index in [1.54, 1.807) is 44.7 Å². The number of anilines is 2.